The second-order valence-electron chi connectivity index (χ2n) is 6.29. The number of phenolic OH excluding ortho intramolecular Hbond substituents is 1. The summed E-state index contributed by atoms with van der Waals surface area (Å²) in [6.07, 6.45) is 4.05. The van der Waals surface area contributed by atoms with Gasteiger partial charge in [-0.25, -0.2) is 4.98 Å². The molecule has 1 aromatic carbocycles. The van der Waals surface area contributed by atoms with Gasteiger partial charge in [0.25, 0.3) is 5.56 Å². The summed E-state index contributed by atoms with van der Waals surface area (Å²) in [5.74, 6) is 0.619. The number of pyridine rings is 1. The van der Waals surface area contributed by atoms with Gasteiger partial charge in [0, 0.05) is 44.0 Å². The molecule has 4 rings (SSSR count). The number of hydrogen-bond donors (Lipinski definition) is 2. The molecular formula is C19H17ClN4O2. The van der Waals surface area contributed by atoms with Gasteiger partial charge in [0.15, 0.2) is 0 Å². The summed E-state index contributed by atoms with van der Waals surface area (Å²) in [4.78, 5) is 26.3. The quantitative estimate of drug-likeness (QED) is 0.742. The van der Waals surface area contributed by atoms with Crippen LogP contribution >= 0.6 is 11.6 Å². The number of nitrogens with one attached hydrogen (secondary N) is 1. The molecule has 1 aliphatic heterocycles. The molecule has 3 aromatic rings. The summed E-state index contributed by atoms with van der Waals surface area (Å²) in [5.41, 5.74) is 3.01. The number of aromatic hydroxyl groups is 1. The summed E-state index contributed by atoms with van der Waals surface area (Å²) < 4.78 is 0. The average molecular weight is 369 g/mol. The highest BCUT2D eigenvalue weighted by Crippen LogP contribution is 2.28. The van der Waals surface area contributed by atoms with E-state index in [4.69, 9.17) is 11.6 Å². The van der Waals surface area contributed by atoms with E-state index >= 15 is 0 Å². The Balaban J connectivity index is 1.60. The van der Waals surface area contributed by atoms with Gasteiger partial charge in [-0.15, -0.1) is 0 Å². The minimum absolute atomic E-state index is 0.0715. The van der Waals surface area contributed by atoms with Gasteiger partial charge in [-0.05, 0) is 23.8 Å². The minimum atomic E-state index is -0.124. The van der Waals surface area contributed by atoms with Crippen molar-refractivity contribution in [3.63, 3.8) is 0 Å². The number of rotatable bonds is 3. The molecule has 3 heterocycles. The molecule has 0 atom stereocenters. The summed E-state index contributed by atoms with van der Waals surface area (Å²) in [6, 6.07) is 8.90. The molecular weight excluding hydrogens is 352 g/mol. The zero-order chi connectivity index (χ0) is 18.1. The third kappa shape index (κ3) is 3.21. The molecule has 26 heavy (non-hydrogen) atoms. The van der Waals surface area contributed by atoms with Crippen LogP contribution in [0.15, 0.2) is 47.5 Å². The zero-order valence-corrected chi connectivity index (χ0v) is 14.7. The van der Waals surface area contributed by atoms with Crippen LogP contribution in [-0.2, 0) is 19.5 Å². The topological polar surface area (TPSA) is 82.1 Å². The molecule has 0 amide bonds. The fraction of sp³-hybridized carbons (Fsp3) is 0.211. The van der Waals surface area contributed by atoms with E-state index in [0.717, 1.165) is 23.4 Å². The van der Waals surface area contributed by atoms with Crippen LogP contribution in [0.4, 0.5) is 0 Å². The summed E-state index contributed by atoms with van der Waals surface area (Å²) in [6.45, 7) is 1.83. The summed E-state index contributed by atoms with van der Waals surface area (Å²) >= 11 is 6.17. The molecule has 0 bridgehead atoms. The number of hydrogen-bond acceptors (Lipinski definition) is 5. The standard InChI is InChI=1S/C19H17ClN4O2/c20-17-13(3-1-5-16(17)25)10-24-8-6-15-14(11-24)19(26)23-18(22-15)12-4-2-7-21-9-12/h1-5,7,9,25H,6,8,10-11H2,(H,22,23,26). The van der Waals surface area contributed by atoms with Crippen molar-refractivity contribution in [1.29, 1.82) is 0 Å². The number of nitrogens with zero attached hydrogens (tertiary/aromatic N) is 3. The van der Waals surface area contributed by atoms with E-state index in [2.05, 4.69) is 19.9 Å². The first-order valence-electron chi connectivity index (χ1n) is 8.33. The fourth-order valence-electron chi connectivity index (χ4n) is 3.18. The maximum Gasteiger partial charge on any atom is 0.255 e. The van der Waals surface area contributed by atoms with Crippen molar-refractivity contribution in [3.8, 4) is 17.1 Å². The molecule has 0 fully saturated rings. The van der Waals surface area contributed by atoms with Crippen molar-refractivity contribution in [3.05, 3.63) is 74.9 Å². The van der Waals surface area contributed by atoms with Gasteiger partial charge < -0.3 is 10.1 Å². The Bertz CT molecular complexity index is 1000. The maximum absolute atomic E-state index is 12.6. The van der Waals surface area contributed by atoms with Crippen molar-refractivity contribution in [2.45, 2.75) is 19.5 Å². The van der Waals surface area contributed by atoms with Gasteiger partial charge in [0.05, 0.1) is 16.3 Å². The second kappa shape index (κ2) is 6.90. The first-order valence-corrected chi connectivity index (χ1v) is 8.71. The minimum Gasteiger partial charge on any atom is -0.506 e. The Morgan fingerprint density at radius 2 is 2.15 bits per heavy atom. The highest BCUT2D eigenvalue weighted by molar-refractivity contribution is 6.32. The van der Waals surface area contributed by atoms with Crippen LogP contribution in [-0.4, -0.2) is 31.5 Å². The van der Waals surface area contributed by atoms with Crippen LogP contribution in [0.25, 0.3) is 11.4 Å². The second-order valence-corrected chi connectivity index (χ2v) is 6.67. The van der Waals surface area contributed by atoms with Gasteiger partial charge >= 0.3 is 0 Å². The number of benzene rings is 1. The van der Waals surface area contributed by atoms with Crippen LogP contribution < -0.4 is 5.56 Å². The Hall–Kier alpha value is -2.70. The maximum atomic E-state index is 12.6. The Morgan fingerprint density at radius 3 is 2.96 bits per heavy atom. The molecule has 2 aromatic heterocycles. The molecule has 6 nitrogen and oxygen atoms in total. The predicted octanol–water partition coefficient (Wildman–Crippen LogP) is 2.75. The molecule has 7 heteroatoms. The normalized spacial score (nSPS) is 14.2. The molecule has 2 N–H and O–H groups in total. The van der Waals surface area contributed by atoms with Crippen molar-refractivity contribution in [2.75, 3.05) is 6.54 Å². The first-order chi connectivity index (χ1) is 12.6. The lowest BCUT2D eigenvalue weighted by molar-refractivity contribution is 0.241. The van der Waals surface area contributed by atoms with E-state index in [1.165, 1.54) is 0 Å². The Labute approximate surface area is 155 Å². The van der Waals surface area contributed by atoms with Crippen LogP contribution in [0.3, 0.4) is 0 Å². The molecule has 0 aliphatic carbocycles. The smallest absolute Gasteiger partial charge is 0.255 e. The number of halogens is 1. The van der Waals surface area contributed by atoms with Crippen LogP contribution in [0.1, 0.15) is 16.8 Å². The van der Waals surface area contributed by atoms with E-state index in [1.54, 1.807) is 24.5 Å². The van der Waals surface area contributed by atoms with Gasteiger partial charge in [-0.2, -0.15) is 0 Å². The predicted molar refractivity (Wildman–Crippen MR) is 99.0 cm³/mol. The van der Waals surface area contributed by atoms with Gasteiger partial charge in [-0.3, -0.25) is 14.7 Å². The highest BCUT2D eigenvalue weighted by Gasteiger charge is 2.22. The van der Waals surface area contributed by atoms with Gasteiger partial charge in [-0.1, -0.05) is 23.7 Å². The largest absolute Gasteiger partial charge is 0.506 e. The number of phenols is 1. The SMILES string of the molecule is O=c1[nH]c(-c2cccnc2)nc2c1CN(Cc1cccc(O)c1Cl)CC2. The average Bonchev–Trinajstić information content (AvgIpc) is 2.66. The lowest BCUT2D eigenvalue weighted by Gasteiger charge is -2.28. The Kier molecular flexibility index (Phi) is 4.44. The van der Waals surface area contributed by atoms with E-state index < -0.39 is 0 Å². The van der Waals surface area contributed by atoms with Crippen molar-refractivity contribution < 1.29 is 5.11 Å². The lowest BCUT2D eigenvalue weighted by Crippen LogP contribution is -2.35. The summed E-state index contributed by atoms with van der Waals surface area (Å²) in [7, 11) is 0. The first kappa shape index (κ1) is 16.8. The van der Waals surface area contributed by atoms with E-state index in [-0.39, 0.29) is 11.3 Å². The third-order valence-corrected chi connectivity index (χ3v) is 4.97. The van der Waals surface area contributed by atoms with Crippen molar-refractivity contribution in [2.24, 2.45) is 0 Å². The van der Waals surface area contributed by atoms with Crippen molar-refractivity contribution >= 4 is 11.6 Å². The van der Waals surface area contributed by atoms with Gasteiger partial charge in [0.2, 0.25) is 0 Å². The molecule has 132 valence electrons. The van der Waals surface area contributed by atoms with Crippen LogP contribution in [0.5, 0.6) is 5.75 Å². The Morgan fingerprint density at radius 1 is 1.27 bits per heavy atom. The molecule has 0 saturated carbocycles. The lowest BCUT2D eigenvalue weighted by atomic mass is 10.1. The van der Waals surface area contributed by atoms with E-state index in [9.17, 15) is 9.90 Å². The molecule has 0 spiro atoms. The molecule has 0 saturated heterocycles. The number of aromatic nitrogens is 3. The molecule has 0 radical (unpaired) electrons. The third-order valence-electron chi connectivity index (χ3n) is 4.53. The van der Waals surface area contributed by atoms with Gasteiger partial charge in [0.1, 0.15) is 11.6 Å². The van der Waals surface area contributed by atoms with E-state index in [0.29, 0.717) is 35.9 Å². The monoisotopic (exact) mass is 368 g/mol. The molecule has 1 aliphatic rings. The van der Waals surface area contributed by atoms with Crippen LogP contribution in [0.2, 0.25) is 5.02 Å². The zero-order valence-electron chi connectivity index (χ0n) is 13.9. The number of fused-ring (bicyclic) bond motifs is 1. The van der Waals surface area contributed by atoms with Crippen LogP contribution in [0, 0.1) is 0 Å². The number of aromatic amines is 1. The van der Waals surface area contributed by atoms with Crippen molar-refractivity contribution in [1.82, 2.24) is 19.9 Å². The van der Waals surface area contributed by atoms with E-state index in [1.807, 2.05) is 18.2 Å². The summed E-state index contributed by atoms with van der Waals surface area (Å²) in [5, 5.41) is 10.1. The molecule has 0 unspecified atom stereocenters. The fourth-order valence-corrected chi connectivity index (χ4v) is 3.37. The number of H-pyrrole nitrogens is 1. The highest BCUT2D eigenvalue weighted by atomic mass is 35.5.